The predicted molar refractivity (Wildman–Crippen MR) is 51.1 cm³/mol. The minimum absolute atomic E-state index is 0.0152. The number of aliphatic hydroxyl groups is 1. The molecule has 1 atom stereocenters. The lowest BCUT2D eigenvalue weighted by atomic mass is 10.3. The van der Waals surface area contributed by atoms with Crippen LogP contribution in [0.2, 0.25) is 0 Å². The van der Waals surface area contributed by atoms with Crippen LogP contribution < -0.4 is 5.32 Å². The molecule has 1 rings (SSSR count). The third-order valence-electron chi connectivity index (χ3n) is 1.63. The van der Waals surface area contributed by atoms with E-state index < -0.39 is 4.92 Å². The van der Waals surface area contributed by atoms with Crippen molar-refractivity contribution in [3.63, 3.8) is 0 Å². The average molecular weight is 197 g/mol. The van der Waals surface area contributed by atoms with Gasteiger partial charge >= 0.3 is 0 Å². The van der Waals surface area contributed by atoms with Crippen molar-refractivity contribution in [2.75, 3.05) is 11.9 Å². The third kappa shape index (κ3) is 2.67. The van der Waals surface area contributed by atoms with E-state index in [0.29, 0.717) is 5.82 Å². The van der Waals surface area contributed by atoms with Crippen LogP contribution in [-0.4, -0.2) is 27.7 Å². The van der Waals surface area contributed by atoms with E-state index in [2.05, 4.69) is 10.3 Å². The Morgan fingerprint density at radius 3 is 2.86 bits per heavy atom. The molecule has 6 nitrogen and oxygen atoms in total. The Balaban J connectivity index is 2.68. The Labute approximate surface area is 80.7 Å². The van der Waals surface area contributed by atoms with E-state index in [1.807, 2.05) is 0 Å². The maximum atomic E-state index is 10.3. The van der Waals surface area contributed by atoms with Crippen LogP contribution in [0, 0.1) is 10.1 Å². The van der Waals surface area contributed by atoms with Gasteiger partial charge in [-0.2, -0.15) is 0 Å². The van der Waals surface area contributed by atoms with Crippen LogP contribution in [0.4, 0.5) is 11.5 Å². The molecule has 2 N–H and O–H groups in total. The van der Waals surface area contributed by atoms with Crippen LogP contribution >= 0.6 is 0 Å². The van der Waals surface area contributed by atoms with Crippen molar-refractivity contribution in [1.82, 2.24) is 4.98 Å². The highest BCUT2D eigenvalue weighted by atomic mass is 16.6. The summed E-state index contributed by atoms with van der Waals surface area (Å²) in [6.45, 7) is 1.77. The Morgan fingerprint density at radius 2 is 2.43 bits per heavy atom. The third-order valence-corrected chi connectivity index (χ3v) is 1.63. The van der Waals surface area contributed by atoms with Gasteiger partial charge in [0.2, 0.25) is 0 Å². The first kappa shape index (κ1) is 10.4. The van der Waals surface area contributed by atoms with Crippen molar-refractivity contribution in [2.24, 2.45) is 0 Å². The summed E-state index contributed by atoms with van der Waals surface area (Å²) in [7, 11) is 0. The Hall–Kier alpha value is -1.69. The summed E-state index contributed by atoms with van der Waals surface area (Å²) in [5.41, 5.74) is -0.0489. The fourth-order valence-electron chi connectivity index (χ4n) is 0.878. The van der Waals surface area contributed by atoms with Gasteiger partial charge < -0.3 is 10.4 Å². The van der Waals surface area contributed by atoms with E-state index in [-0.39, 0.29) is 18.3 Å². The number of anilines is 1. The van der Waals surface area contributed by atoms with E-state index in [9.17, 15) is 10.1 Å². The molecule has 0 aliphatic carbocycles. The van der Waals surface area contributed by atoms with Crippen molar-refractivity contribution < 1.29 is 10.0 Å². The predicted octanol–water partition coefficient (Wildman–Crippen LogP) is 0.782. The molecule has 76 valence electrons. The highest BCUT2D eigenvalue weighted by molar-refractivity contribution is 5.40. The minimum atomic E-state index is -0.508. The molecule has 14 heavy (non-hydrogen) atoms. The molecule has 0 amide bonds. The molecule has 0 spiro atoms. The van der Waals surface area contributed by atoms with Crippen molar-refractivity contribution in [3.05, 3.63) is 28.4 Å². The van der Waals surface area contributed by atoms with Crippen molar-refractivity contribution in [3.8, 4) is 0 Å². The largest absolute Gasteiger partial charge is 0.394 e. The fourth-order valence-corrected chi connectivity index (χ4v) is 0.878. The SMILES string of the molecule is C[C@H](CO)Nc1ccc([N+](=O)[O-])cn1. The second kappa shape index (κ2) is 4.52. The Bertz CT molecular complexity index is 312. The van der Waals surface area contributed by atoms with Gasteiger partial charge in [0.1, 0.15) is 12.0 Å². The van der Waals surface area contributed by atoms with Gasteiger partial charge in [-0.15, -0.1) is 0 Å². The van der Waals surface area contributed by atoms with E-state index in [1.165, 1.54) is 18.3 Å². The van der Waals surface area contributed by atoms with Gasteiger partial charge in [0.25, 0.3) is 5.69 Å². The Kier molecular flexibility index (Phi) is 3.35. The number of hydrogen-bond donors (Lipinski definition) is 2. The van der Waals surface area contributed by atoms with Gasteiger partial charge in [0.05, 0.1) is 11.5 Å². The summed E-state index contributed by atoms with van der Waals surface area (Å²) in [5.74, 6) is 0.511. The van der Waals surface area contributed by atoms with E-state index in [0.717, 1.165) is 0 Å². The molecule has 0 aliphatic rings. The zero-order valence-electron chi connectivity index (χ0n) is 7.67. The minimum Gasteiger partial charge on any atom is -0.394 e. The normalized spacial score (nSPS) is 12.1. The number of nitrogens with one attached hydrogen (secondary N) is 1. The fraction of sp³-hybridized carbons (Fsp3) is 0.375. The number of pyridine rings is 1. The smallest absolute Gasteiger partial charge is 0.287 e. The first-order valence-corrected chi connectivity index (χ1v) is 4.11. The summed E-state index contributed by atoms with van der Waals surface area (Å²) in [4.78, 5) is 13.6. The van der Waals surface area contributed by atoms with Crippen LogP contribution in [0.25, 0.3) is 0 Å². The van der Waals surface area contributed by atoms with Crippen LogP contribution in [0.5, 0.6) is 0 Å². The van der Waals surface area contributed by atoms with Crippen LogP contribution in [0.3, 0.4) is 0 Å². The lowest BCUT2D eigenvalue weighted by Gasteiger charge is -2.10. The van der Waals surface area contributed by atoms with Crippen LogP contribution in [0.15, 0.2) is 18.3 Å². The summed E-state index contributed by atoms with van der Waals surface area (Å²) in [5, 5.41) is 21.9. The number of rotatable bonds is 4. The molecule has 0 unspecified atom stereocenters. The maximum Gasteiger partial charge on any atom is 0.287 e. The lowest BCUT2D eigenvalue weighted by Crippen LogP contribution is -2.19. The summed E-state index contributed by atoms with van der Waals surface area (Å²) in [6, 6.07) is 2.74. The second-order valence-corrected chi connectivity index (χ2v) is 2.89. The topological polar surface area (TPSA) is 88.3 Å². The molecule has 0 saturated heterocycles. The number of aliphatic hydroxyl groups excluding tert-OH is 1. The first-order valence-electron chi connectivity index (χ1n) is 4.11. The Morgan fingerprint density at radius 1 is 1.71 bits per heavy atom. The molecule has 0 bridgehead atoms. The summed E-state index contributed by atoms with van der Waals surface area (Å²) in [6.07, 6.45) is 1.17. The van der Waals surface area contributed by atoms with E-state index >= 15 is 0 Å². The van der Waals surface area contributed by atoms with E-state index in [1.54, 1.807) is 6.92 Å². The van der Waals surface area contributed by atoms with E-state index in [4.69, 9.17) is 5.11 Å². The maximum absolute atomic E-state index is 10.3. The van der Waals surface area contributed by atoms with Crippen molar-refractivity contribution in [1.29, 1.82) is 0 Å². The molecular weight excluding hydrogens is 186 g/mol. The molecule has 1 heterocycles. The number of nitro groups is 1. The molecule has 0 aliphatic heterocycles. The second-order valence-electron chi connectivity index (χ2n) is 2.89. The quantitative estimate of drug-likeness (QED) is 0.550. The summed E-state index contributed by atoms with van der Waals surface area (Å²) >= 11 is 0. The number of hydrogen-bond acceptors (Lipinski definition) is 5. The van der Waals surface area contributed by atoms with Gasteiger partial charge in [-0.3, -0.25) is 10.1 Å². The molecule has 0 radical (unpaired) electrons. The van der Waals surface area contributed by atoms with Gasteiger partial charge in [-0.25, -0.2) is 4.98 Å². The van der Waals surface area contributed by atoms with Gasteiger partial charge in [-0.05, 0) is 13.0 Å². The zero-order valence-corrected chi connectivity index (χ0v) is 7.67. The lowest BCUT2D eigenvalue weighted by molar-refractivity contribution is -0.385. The molecule has 0 fully saturated rings. The highest BCUT2D eigenvalue weighted by Gasteiger charge is 2.06. The molecule has 1 aromatic heterocycles. The molecular formula is C8H11N3O3. The molecule has 0 aromatic carbocycles. The van der Waals surface area contributed by atoms with Crippen molar-refractivity contribution >= 4 is 11.5 Å². The molecule has 1 aromatic rings. The standard InChI is InChI=1S/C8H11N3O3/c1-6(5-12)10-8-3-2-7(4-9-8)11(13)14/h2-4,6,12H,5H2,1H3,(H,9,10)/t6-/m1/s1. The van der Waals surface area contributed by atoms with Gasteiger partial charge in [-0.1, -0.05) is 0 Å². The van der Waals surface area contributed by atoms with Crippen molar-refractivity contribution in [2.45, 2.75) is 13.0 Å². The first-order chi connectivity index (χ1) is 6.63. The van der Waals surface area contributed by atoms with Gasteiger partial charge in [0.15, 0.2) is 0 Å². The number of nitrogens with zero attached hydrogens (tertiary/aromatic N) is 2. The van der Waals surface area contributed by atoms with Gasteiger partial charge in [0, 0.05) is 12.1 Å². The molecule has 0 saturated carbocycles. The number of aromatic nitrogens is 1. The summed E-state index contributed by atoms with van der Waals surface area (Å²) < 4.78 is 0. The zero-order chi connectivity index (χ0) is 10.6. The van der Waals surface area contributed by atoms with Crippen LogP contribution in [0.1, 0.15) is 6.92 Å². The average Bonchev–Trinajstić information content (AvgIpc) is 2.18. The van der Waals surface area contributed by atoms with Crippen LogP contribution in [-0.2, 0) is 0 Å². The highest BCUT2D eigenvalue weighted by Crippen LogP contribution is 2.12. The molecule has 6 heteroatoms. The monoisotopic (exact) mass is 197 g/mol.